The molecule has 84 valence electrons. The first-order valence-corrected chi connectivity index (χ1v) is 8.60. The van der Waals surface area contributed by atoms with Crippen LogP contribution in [0.25, 0.3) is 0 Å². The monoisotopic (exact) mass is 216 g/mol. The molecule has 0 spiro atoms. The highest BCUT2D eigenvalue weighted by atomic mass is 28.4. The molecule has 3 heteroatoms. The lowest BCUT2D eigenvalue weighted by molar-refractivity contribution is -0.0686. The molecule has 0 saturated carbocycles. The van der Waals surface area contributed by atoms with E-state index in [9.17, 15) is 0 Å². The molecule has 14 heavy (non-hydrogen) atoms. The van der Waals surface area contributed by atoms with Gasteiger partial charge in [0.2, 0.25) is 0 Å². The first-order chi connectivity index (χ1) is 6.22. The van der Waals surface area contributed by atoms with Crippen molar-refractivity contribution in [2.75, 3.05) is 0 Å². The van der Waals surface area contributed by atoms with E-state index < -0.39 is 8.32 Å². The molecule has 0 aromatic carbocycles. The molecule has 0 amide bonds. The largest absolute Gasteiger partial charge is 0.473 e. The topological polar surface area (TPSA) is 18.5 Å². The van der Waals surface area contributed by atoms with Crippen LogP contribution in [0.2, 0.25) is 19.6 Å². The van der Waals surface area contributed by atoms with Gasteiger partial charge in [0, 0.05) is 5.92 Å². The average molecular weight is 216 g/mol. The molecule has 0 aliphatic carbocycles. The van der Waals surface area contributed by atoms with E-state index in [2.05, 4.69) is 33.5 Å². The van der Waals surface area contributed by atoms with Gasteiger partial charge in [-0.25, -0.2) is 0 Å². The van der Waals surface area contributed by atoms with Gasteiger partial charge in [-0.2, -0.15) is 0 Å². The summed E-state index contributed by atoms with van der Waals surface area (Å²) in [4.78, 5) is 0. The molecule has 0 aliphatic heterocycles. The fraction of sp³-hybridized carbons (Fsp3) is 0.818. The number of hydrogen-bond acceptors (Lipinski definition) is 2. The SMILES string of the molecule is CC(C)=COC(O[Si](C)(C)C)C(C)C. The van der Waals surface area contributed by atoms with E-state index in [4.69, 9.17) is 9.16 Å². The van der Waals surface area contributed by atoms with E-state index in [0.717, 1.165) is 5.57 Å². The zero-order chi connectivity index (χ0) is 11.4. The highest BCUT2D eigenvalue weighted by molar-refractivity contribution is 6.69. The molecular formula is C11H24O2Si. The molecule has 0 fully saturated rings. The van der Waals surface area contributed by atoms with Crippen molar-refractivity contribution in [3.05, 3.63) is 11.8 Å². The van der Waals surface area contributed by atoms with Gasteiger partial charge in [0.25, 0.3) is 0 Å². The second kappa shape index (κ2) is 5.56. The van der Waals surface area contributed by atoms with Crippen molar-refractivity contribution in [1.82, 2.24) is 0 Å². The molecule has 0 aromatic heterocycles. The lowest BCUT2D eigenvalue weighted by Crippen LogP contribution is -2.35. The molecule has 0 radical (unpaired) electrons. The Bertz CT molecular complexity index is 188. The highest BCUT2D eigenvalue weighted by Crippen LogP contribution is 2.16. The molecule has 0 saturated heterocycles. The van der Waals surface area contributed by atoms with Crippen molar-refractivity contribution >= 4 is 8.32 Å². The van der Waals surface area contributed by atoms with Gasteiger partial charge in [-0.15, -0.1) is 0 Å². The lowest BCUT2D eigenvalue weighted by atomic mass is 10.2. The van der Waals surface area contributed by atoms with Crippen LogP contribution in [-0.2, 0) is 9.16 Å². The summed E-state index contributed by atoms with van der Waals surface area (Å²) in [7, 11) is -1.51. The van der Waals surface area contributed by atoms with Crippen molar-refractivity contribution in [2.24, 2.45) is 5.92 Å². The van der Waals surface area contributed by atoms with Gasteiger partial charge in [-0.3, -0.25) is 0 Å². The summed E-state index contributed by atoms with van der Waals surface area (Å²) in [5.74, 6) is 0.386. The van der Waals surface area contributed by atoms with Crippen molar-refractivity contribution in [2.45, 2.75) is 53.6 Å². The van der Waals surface area contributed by atoms with Crippen molar-refractivity contribution in [3.63, 3.8) is 0 Å². The van der Waals surface area contributed by atoms with Gasteiger partial charge in [-0.05, 0) is 39.1 Å². The Balaban J connectivity index is 4.24. The number of rotatable bonds is 5. The van der Waals surface area contributed by atoms with Gasteiger partial charge in [0.1, 0.15) is 0 Å². The summed E-state index contributed by atoms with van der Waals surface area (Å²) in [5.41, 5.74) is 1.16. The summed E-state index contributed by atoms with van der Waals surface area (Å²) < 4.78 is 11.5. The third-order valence-electron chi connectivity index (χ3n) is 1.45. The van der Waals surface area contributed by atoms with Gasteiger partial charge < -0.3 is 9.16 Å². The van der Waals surface area contributed by atoms with E-state index in [1.54, 1.807) is 6.26 Å². The minimum atomic E-state index is -1.51. The summed E-state index contributed by atoms with van der Waals surface area (Å²) >= 11 is 0. The maximum Gasteiger partial charge on any atom is 0.192 e. The van der Waals surface area contributed by atoms with E-state index in [-0.39, 0.29) is 6.29 Å². The predicted molar refractivity (Wildman–Crippen MR) is 63.6 cm³/mol. The summed E-state index contributed by atoms with van der Waals surface area (Å²) in [6.45, 7) is 14.8. The quantitative estimate of drug-likeness (QED) is 0.396. The van der Waals surface area contributed by atoms with Crippen LogP contribution in [0.5, 0.6) is 0 Å². The Morgan fingerprint density at radius 2 is 1.64 bits per heavy atom. The summed E-state index contributed by atoms with van der Waals surface area (Å²) in [6.07, 6.45) is 1.68. The van der Waals surface area contributed by atoms with Crippen LogP contribution in [0.4, 0.5) is 0 Å². The molecule has 0 aromatic rings. The third-order valence-corrected chi connectivity index (χ3v) is 2.39. The Hall–Kier alpha value is -0.283. The van der Waals surface area contributed by atoms with E-state index in [0.29, 0.717) is 5.92 Å². The minimum absolute atomic E-state index is 0.100. The van der Waals surface area contributed by atoms with Gasteiger partial charge >= 0.3 is 0 Å². The zero-order valence-corrected chi connectivity index (χ0v) is 11.5. The second-order valence-electron chi connectivity index (χ2n) is 5.17. The van der Waals surface area contributed by atoms with Crippen LogP contribution in [0.1, 0.15) is 27.7 Å². The first kappa shape index (κ1) is 13.7. The maximum atomic E-state index is 5.92. The summed E-state index contributed by atoms with van der Waals surface area (Å²) in [6, 6.07) is 0. The number of hydrogen-bond donors (Lipinski definition) is 0. The maximum absolute atomic E-state index is 5.92. The number of ether oxygens (including phenoxy) is 1. The molecule has 2 nitrogen and oxygen atoms in total. The first-order valence-electron chi connectivity index (χ1n) is 5.19. The van der Waals surface area contributed by atoms with Crippen molar-refractivity contribution in [3.8, 4) is 0 Å². The molecule has 0 aliphatic rings. The van der Waals surface area contributed by atoms with Crippen LogP contribution in [-0.4, -0.2) is 14.6 Å². The molecule has 1 unspecified atom stereocenters. The van der Waals surface area contributed by atoms with Gasteiger partial charge in [0.05, 0.1) is 6.26 Å². The normalized spacial score (nSPS) is 14.0. The fourth-order valence-electron chi connectivity index (χ4n) is 0.873. The molecular weight excluding hydrogens is 192 g/mol. The minimum Gasteiger partial charge on any atom is -0.473 e. The Kier molecular flexibility index (Phi) is 5.45. The Labute approximate surface area is 89.4 Å². The number of allylic oxidation sites excluding steroid dienone is 1. The van der Waals surface area contributed by atoms with E-state index >= 15 is 0 Å². The average Bonchev–Trinajstić information content (AvgIpc) is 1.94. The third kappa shape index (κ3) is 7.15. The highest BCUT2D eigenvalue weighted by Gasteiger charge is 2.23. The molecule has 0 N–H and O–H groups in total. The van der Waals surface area contributed by atoms with Crippen LogP contribution in [0.15, 0.2) is 11.8 Å². The van der Waals surface area contributed by atoms with Crippen LogP contribution >= 0.6 is 0 Å². The molecule has 1 atom stereocenters. The van der Waals surface area contributed by atoms with Crippen LogP contribution in [0.3, 0.4) is 0 Å². The van der Waals surface area contributed by atoms with Gasteiger partial charge in [0.15, 0.2) is 14.6 Å². The Morgan fingerprint density at radius 3 is 1.93 bits per heavy atom. The van der Waals surface area contributed by atoms with Crippen molar-refractivity contribution < 1.29 is 9.16 Å². The van der Waals surface area contributed by atoms with Crippen LogP contribution in [0, 0.1) is 5.92 Å². The van der Waals surface area contributed by atoms with Crippen LogP contribution < -0.4 is 0 Å². The lowest BCUT2D eigenvalue weighted by Gasteiger charge is -2.28. The molecule has 0 bridgehead atoms. The van der Waals surface area contributed by atoms with E-state index in [1.807, 2.05) is 13.8 Å². The Morgan fingerprint density at radius 1 is 1.14 bits per heavy atom. The standard InChI is InChI=1S/C11H24O2Si/c1-9(2)8-12-11(10(3)4)13-14(5,6)7/h8,10-11H,1-7H3. The van der Waals surface area contributed by atoms with E-state index in [1.165, 1.54) is 0 Å². The predicted octanol–water partition coefficient (Wildman–Crippen LogP) is 3.76. The molecule has 0 rings (SSSR count). The second-order valence-corrected chi connectivity index (χ2v) is 9.63. The fourth-order valence-corrected chi connectivity index (χ4v) is 1.90. The zero-order valence-electron chi connectivity index (χ0n) is 10.5. The van der Waals surface area contributed by atoms with Crippen molar-refractivity contribution in [1.29, 1.82) is 0 Å². The molecule has 0 heterocycles. The van der Waals surface area contributed by atoms with Gasteiger partial charge in [-0.1, -0.05) is 13.8 Å². The summed E-state index contributed by atoms with van der Waals surface area (Å²) in [5, 5.41) is 0. The smallest absolute Gasteiger partial charge is 0.192 e.